The molecule has 4 saturated carbocycles. The van der Waals surface area contributed by atoms with Crippen LogP contribution in [-0.4, -0.2) is 15.7 Å². The van der Waals surface area contributed by atoms with Gasteiger partial charge in [0.2, 0.25) is 0 Å². The molecule has 1 heterocycles. The van der Waals surface area contributed by atoms with E-state index in [0.29, 0.717) is 16.4 Å². The maximum Gasteiger partial charge on any atom is 0.253 e. The molecule has 1 aromatic rings. The predicted octanol–water partition coefficient (Wildman–Crippen LogP) is 3.05. The summed E-state index contributed by atoms with van der Waals surface area (Å²) in [5, 5.41) is 0.671. The maximum absolute atomic E-state index is 11.4. The van der Waals surface area contributed by atoms with Crippen LogP contribution in [-0.2, 0) is 0 Å². The van der Waals surface area contributed by atoms with Crippen molar-refractivity contribution in [2.24, 2.45) is 23.2 Å². The highest BCUT2D eigenvalue weighted by Gasteiger charge is 2.50. The average Bonchev–Trinajstić information content (AvgIpc) is 2.35. The Balaban J connectivity index is 1.39. The molecular formula is C16H23N3OS. The number of nitrogens with two attached hydrogens (primary N) is 1. The Kier molecular flexibility index (Phi) is 3.28. The molecule has 4 fully saturated rings. The highest BCUT2D eigenvalue weighted by molar-refractivity contribution is 7.99. The van der Waals surface area contributed by atoms with E-state index >= 15 is 0 Å². The number of hydrogen-bond acceptors (Lipinski definition) is 4. The van der Waals surface area contributed by atoms with E-state index in [2.05, 4.69) is 9.97 Å². The van der Waals surface area contributed by atoms with Crippen molar-refractivity contribution in [3.05, 3.63) is 16.4 Å². The van der Waals surface area contributed by atoms with Gasteiger partial charge in [-0.2, -0.15) is 0 Å². The topological polar surface area (TPSA) is 71.8 Å². The fourth-order valence-electron chi connectivity index (χ4n) is 5.48. The van der Waals surface area contributed by atoms with E-state index < -0.39 is 0 Å². The molecule has 4 bridgehead atoms. The van der Waals surface area contributed by atoms with Gasteiger partial charge >= 0.3 is 0 Å². The Labute approximate surface area is 129 Å². The summed E-state index contributed by atoms with van der Waals surface area (Å²) in [6.45, 7) is 0. The molecule has 21 heavy (non-hydrogen) atoms. The Hall–Kier alpha value is -0.970. The first-order valence-electron chi connectivity index (χ1n) is 8.10. The number of nitrogens with one attached hydrogen (secondary N) is 1. The third kappa shape index (κ3) is 2.72. The number of nitrogen functional groups attached to an aromatic ring is 1. The molecule has 5 heteroatoms. The summed E-state index contributed by atoms with van der Waals surface area (Å²) in [4.78, 5) is 18.4. The van der Waals surface area contributed by atoms with Gasteiger partial charge in [0, 0.05) is 11.8 Å². The first-order valence-corrected chi connectivity index (χ1v) is 9.08. The van der Waals surface area contributed by atoms with Gasteiger partial charge in [0.1, 0.15) is 5.82 Å². The van der Waals surface area contributed by atoms with Crippen LogP contribution in [0.5, 0.6) is 0 Å². The van der Waals surface area contributed by atoms with Gasteiger partial charge in [-0.15, -0.1) is 0 Å². The molecule has 1 aromatic heterocycles. The largest absolute Gasteiger partial charge is 0.383 e. The highest BCUT2D eigenvalue weighted by Crippen LogP contribution is 2.61. The monoisotopic (exact) mass is 305 g/mol. The van der Waals surface area contributed by atoms with Crippen LogP contribution in [0.25, 0.3) is 0 Å². The number of aromatic amines is 1. The molecular weight excluding hydrogens is 282 g/mol. The molecule has 5 rings (SSSR count). The van der Waals surface area contributed by atoms with Gasteiger partial charge in [0.25, 0.3) is 5.56 Å². The van der Waals surface area contributed by atoms with Crippen LogP contribution in [0.3, 0.4) is 0 Å². The standard InChI is InChI=1S/C16H23N3OS/c17-13-6-14(20)19-15(18-13)21-2-1-16-7-10-3-11(8-16)5-12(4-10)9-16/h6,10-12H,1-5,7-9H2,(H3,17,18,19,20). The summed E-state index contributed by atoms with van der Waals surface area (Å²) in [7, 11) is 0. The molecule has 4 aliphatic rings. The second-order valence-corrected chi connectivity index (χ2v) is 8.58. The number of thioether (sulfide) groups is 1. The molecule has 0 unspecified atom stereocenters. The van der Waals surface area contributed by atoms with Gasteiger partial charge in [-0.3, -0.25) is 4.79 Å². The van der Waals surface area contributed by atoms with Crippen molar-refractivity contribution < 1.29 is 0 Å². The minimum Gasteiger partial charge on any atom is -0.383 e. The zero-order chi connectivity index (χ0) is 14.4. The van der Waals surface area contributed by atoms with Crippen LogP contribution in [0, 0.1) is 23.2 Å². The van der Waals surface area contributed by atoms with E-state index in [4.69, 9.17) is 5.73 Å². The lowest BCUT2D eigenvalue weighted by atomic mass is 9.49. The Morgan fingerprint density at radius 2 is 1.86 bits per heavy atom. The highest BCUT2D eigenvalue weighted by atomic mass is 32.2. The van der Waals surface area contributed by atoms with Gasteiger partial charge in [0.05, 0.1) is 0 Å². The lowest BCUT2D eigenvalue weighted by Gasteiger charge is -2.57. The minimum absolute atomic E-state index is 0.153. The normalized spacial score (nSPS) is 37.0. The number of nitrogens with zero attached hydrogens (tertiary/aromatic N) is 1. The van der Waals surface area contributed by atoms with Crippen molar-refractivity contribution in [1.29, 1.82) is 0 Å². The molecule has 0 aromatic carbocycles. The van der Waals surface area contributed by atoms with Crippen LogP contribution in [0.4, 0.5) is 5.82 Å². The fourth-order valence-corrected chi connectivity index (χ4v) is 6.55. The first-order chi connectivity index (χ1) is 10.1. The summed E-state index contributed by atoms with van der Waals surface area (Å²) < 4.78 is 0. The smallest absolute Gasteiger partial charge is 0.253 e. The molecule has 4 aliphatic carbocycles. The van der Waals surface area contributed by atoms with Crippen molar-refractivity contribution in [2.75, 3.05) is 11.5 Å². The van der Waals surface area contributed by atoms with Crippen LogP contribution in [0.1, 0.15) is 44.9 Å². The van der Waals surface area contributed by atoms with Crippen LogP contribution < -0.4 is 11.3 Å². The zero-order valence-electron chi connectivity index (χ0n) is 12.3. The van der Waals surface area contributed by atoms with Crippen molar-refractivity contribution in [3.63, 3.8) is 0 Å². The average molecular weight is 305 g/mol. The van der Waals surface area contributed by atoms with Gasteiger partial charge in [-0.1, -0.05) is 11.8 Å². The quantitative estimate of drug-likeness (QED) is 0.662. The fraction of sp³-hybridized carbons (Fsp3) is 0.750. The van der Waals surface area contributed by atoms with Gasteiger partial charge in [-0.25, -0.2) is 4.98 Å². The number of H-pyrrole nitrogens is 1. The Bertz CT molecular complexity index is 562. The van der Waals surface area contributed by atoms with Gasteiger partial charge in [-0.05, 0) is 68.1 Å². The second-order valence-electron chi connectivity index (χ2n) is 7.49. The summed E-state index contributed by atoms with van der Waals surface area (Å²) in [6, 6.07) is 1.34. The summed E-state index contributed by atoms with van der Waals surface area (Å²) >= 11 is 1.65. The van der Waals surface area contributed by atoms with E-state index in [-0.39, 0.29) is 5.56 Å². The van der Waals surface area contributed by atoms with Gasteiger partial charge in [0.15, 0.2) is 5.16 Å². The molecule has 0 spiro atoms. The molecule has 0 aliphatic heterocycles. The molecule has 3 N–H and O–H groups in total. The molecule has 0 atom stereocenters. The van der Waals surface area contributed by atoms with Crippen LogP contribution in [0.15, 0.2) is 16.0 Å². The Morgan fingerprint density at radius 1 is 1.24 bits per heavy atom. The van der Waals surface area contributed by atoms with Crippen LogP contribution >= 0.6 is 11.8 Å². The second kappa shape index (κ2) is 5.04. The number of hydrogen-bond donors (Lipinski definition) is 2. The number of rotatable bonds is 4. The third-order valence-corrected chi connectivity index (χ3v) is 6.65. The number of anilines is 1. The lowest BCUT2D eigenvalue weighted by Crippen LogP contribution is -2.46. The predicted molar refractivity (Wildman–Crippen MR) is 85.2 cm³/mol. The maximum atomic E-state index is 11.4. The van der Waals surface area contributed by atoms with Crippen molar-refractivity contribution >= 4 is 17.6 Å². The van der Waals surface area contributed by atoms with Gasteiger partial charge < -0.3 is 10.7 Å². The third-order valence-electron chi connectivity index (χ3n) is 5.78. The van der Waals surface area contributed by atoms with E-state index in [1.807, 2.05) is 0 Å². The van der Waals surface area contributed by atoms with E-state index in [0.717, 1.165) is 23.5 Å². The lowest BCUT2D eigenvalue weighted by molar-refractivity contribution is -0.0538. The minimum atomic E-state index is -0.153. The van der Waals surface area contributed by atoms with Crippen molar-refractivity contribution in [1.82, 2.24) is 9.97 Å². The zero-order valence-corrected chi connectivity index (χ0v) is 13.1. The van der Waals surface area contributed by atoms with Crippen molar-refractivity contribution in [3.8, 4) is 0 Å². The van der Waals surface area contributed by atoms with E-state index in [9.17, 15) is 4.79 Å². The molecule has 0 radical (unpaired) electrons. The molecule has 4 nitrogen and oxygen atoms in total. The molecule has 0 saturated heterocycles. The molecule has 0 amide bonds. The summed E-state index contributed by atoms with van der Waals surface area (Å²) in [6.07, 6.45) is 10.1. The summed E-state index contributed by atoms with van der Waals surface area (Å²) in [5.41, 5.74) is 6.08. The van der Waals surface area contributed by atoms with Crippen molar-refractivity contribution in [2.45, 2.75) is 50.1 Å². The Morgan fingerprint density at radius 3 is 2.43 bits per heavy atom. The van der Waals surface area contributed by atoms with Crippen LogP contribution in [0.2, 0.25) is 0 Å². The first kappa shape index (κ1) is 13.7. The molecule has 114 valence electrons. The SMILES string of the molecule is Nc1cc(=O)[nH]c(SCCC23CC4CC(CC(C4)C2)C3)n1. The van der Waals surface area contributed by atoms with E-state index in [1.165, 1.54) is 51.0 Å². The summed E-state index contributed by atoms with van der Waals surface area (Å²) in [5.74, 6) is 4.37. The number of aromatic nitrogens is 2. The van der Waals surface area contributed by atoms with E-state index in [1.54, 1.807) is 11.8 Å².